The van der Waals surface area contributed by atoms with E-state index in [0.29, 0.717) is 24.7 Å². The smallest absolute Gasteiger partial charge is 0.277 e. The molecule has 0 unspecified atom stereocenters. The quantitative estimate of drug-likeness (QED) is 0.934. The van der Waals surface area contributed by atoms with Crippen molar-refractivity contribution in [3.8, 4) is 5.88 Å². The molecule has 0 radical (unpaired) electrons. The predicted octanol–water partition coefficient (Wildman–Crippen LogP) is 2.97. The second-order valence-corrected chi connectivity index (χ2v) is 6.31. The van der Waals surface area contributed by atoms with E-state index in [4.69, 9.17) is 16.3 Å². The number of rotatable bonds is 3. The topological polar surface area (TPSA) is 74.0 Å². The van der Waals surface area contributed by atoms with Gasteiger partial charge in [0, 0.05) is 19.0 Å². The number of fused-ring (bicyclic) bond motifs is 1. The van der Waals surface area contributed by atoms with Crippen LogP contribution in [0, 0.1) is 13.8 Å². The highest BCUT2D eigenvalue weighted by Crippen LogP contribution is 2.32. The normalized spacial score (nSPS) is 13.8. The van der Waals surface area contributed by atoms with Crippen molar-refractivity contribution in [3.63, 3.8) is 0 Å². The molecule has 7 nitrogen and oxygen atoms in total. The Morgan fingerprint density at radius 1 is 1.35 bits per heavy atom. The number of nitrogens with zero attached hydrogens (tertiary/aromatic N) is 4. The number of carbonyl (C=O) groups excluding carboxylic acids is 1. The van der Waals surface area contributed by atoms with Crippen LogP contribution >= 0.6 is 11.6 Å². The van der Waals surface area contributed by atoms with Gasteiger partial charge in [-0.05, 0) is 27.7 Å². The lowest BCUT2D eigenvalue weighted by Gasteiger charge is -2.14. The van der Waals surface area contributed by atoms with Gasteiger partial charge in [0.1, 0.15) is 5.02 Å². The Morgan fingerprint density at radius 2 is 2.09 bits per heavy atom. The molecule has 0 aliphatic carbocycles. The molecule has 1 amide bonds. The van der Waals surface area contributed by atoms with Crippen LogP contribution in [0.5, 0.6) is 5.88 Å². The fraction of sp³-hybridized carbons (Fsp3) is 0.533. The number of halogens is 1. The maximum Gasteiger partial charge on any atom is 0.277 e. The molecule has 0 bridgehead atoms. The van der Waals surface area contributed by atoms with E-state index in [1.54, 1.807) is 4.68 Å². The van der Waals surface area contributed by atoms with Crippen molar-refractivity contribution >= 4 is 23.2 Å². The highest BCUT2D eigenvalue weighted by molar-refractivity contribution is 6.35. The molecule has 0 saturated carbocycles. The molecule has 124 valence electrons. The molecule has 8 heteroatoms. The summed E-state index contributed by atoms with van der Waals surface area (Å²) in [6.07, 6.45) is 0.853. The third-order valence-electron chi connectivity index (χ3n) is 3.87. The molecule has 23 heavy (non-hydrogen) atoms. The molecule has 2 aromatic rings. The zero-order valence-corrected chi connectivity index (χ0v) is 14.4. The molecule has 0 atom stereocenters. The van der Waals surface area contributed by atoms with Gasteiger partial charge in [0.2, 0.25) is 5.88 Å². The van der Waals surface area contributed by atoms with Gasteiger partial charge in [-0.25, -0.2) is 4.68 Å². The van der Waals surface area contributed by atoms with Gasteiger partial charge in [-0.3, -0.25) is 9.48 Å². The minimum Gasteiger partial charge on any atom is -0.477 e. The largest absolute Gasteiger partial charge is 0.477 e. The van der Waals surface area contributed by atoms with Crippen molar-refractivity contribution in [2.24, 2.45) is 0 Å². The van der Waals surface area contributed by atoms with Crippen LogP contribution in [0.15, 0.2) is 0 Å². The number of nitrogens with one attached hydrogen (secondary N) is 1. The van der Waals surface area contributed by atoms with Gasteiger partial charge in [-0.1, -0.05) is 11.6 Å². The van der Waals surface area contributed by atoms with E-state index in [2.05, 4.69) is 15.5 Å². The van der Waals surface area contributed by atoms with E-state index in [9.17, 15) is 4.79 Å². The second kappa shape index (κ2) is 5.88. The van der Waals surface area contributed by atoms with Crippen LogP contribution in [0.25, 0.3) is 0 Å². The van der Waals surface area contributed by atoms with Gasteiger partial charge >= 0.3 is 0 Å². The SMILES string of the molecule is Cc1nn(C(C)C)c(C)c1NC(=O)c1nn2c(c1Cl)OCCC2. The number of aromatic nitrogens is 4. The van der Waals surface area contributed by atoms with Crippen molar-refractivity contribution < 1.29 is 9.53 Å². The zero-order valence-electron chi connectivity index (χ0n) is 13.7. The highest BCUT2D eigenvalue weighted by Gasteiger charge is 2.26. The van der Waals surface area contributed by atoms with Crippen LogP contribution in [-0.4, -0.2) is 32.1 Å². The Kier molecular flexibility index (Phi) is 4.06. The molecular formula is C15H20ClN5O2. The molecule has 3 rings (SSSR count). The standard InChI is InChI=1S/C15H20ClN5O2/c1-8(2)21-10(4)12(9(3)18-21)17-14(22)13-11(16)15-20(19-13)6-5-7-23-15/h8H,5-7H2,1-4H3,(H,17,22). The van der Waals surface area contributed by atoms with E-state index >= 15 is 0 Å². The van der Waals surface area contributed by atoms with Crippen LogP contribution in [-0.2, 0) is 6.54 Å². The van der Waals surface area contributed by atoms with Crippen LogP contribution in [0.2, 0.25) is 5.02 Å². The lowest BCUT2D eigenvalue weighted by molar-refractivity contribution is 0.102. The number of amides is 1. The van der Waals surface area contributed by atoms with E-state index in [-0.39, 0.29) is 22.7 Å². The van der Waals surface area contributed by atoms with Gasteiger partial charge < -0.3 is 10.1 Å². The first-order valence-electron chi connectivity index (χ1n) is 7.66. The maximum absolute atomic E-state index is 12.6. The number of hydrogen-bond acceptors (Lipinski definition) is 4. The number of carbonyl (C=O) groups is 1. The Labute approximate surface area is 139 Å². The highest BCUT2D eigenvalue weighted by atomic mass is 35.5. The first kappa shape index (κ1) is 15.9. The van der Waals surface area contributed by atoms with Crippen LogP contribution in [0.1, 0.15) is 48.2 Å². The fourth-order valence-corrected chi connectivity index (χ4v) is 3.04. The third kappa shape index (κ3) is 2.69. The Hall–Kier alpha value is -2.02. The fourth-order valence-electron chi connectivity index (χ4n) is 2.76. The number of aryl methyl sites for hydroxylation is 2. The molecule has 1 N–H and O–H groups in total. The first-order valence-corrected chi connectivity index (χ1v) is 8.04. The summed E-state index contributed by atoms with van der Waals surface area (Å²) >= 11 is 6.25. The van der Waals surface area contributed by atoms with E-state index < -0.39 is 0 Å². The van der Waals surface area contributed by atoms with Crippen molar-refractivity contribution in [1.82, 2.24) is 19.6 Å². The van der Waals surface area contributed by atoms with Crippen LogP contribution < -0.4 is 10.1 Å². The number of anilines is 1. The molecule has 3 heterocycles. The Morgan fingerprint density at radius 3 is 2.70 bits per heavy atom. The summed E-state index contributed by atoms with van der Waals surface area (Å²) in [4.78, 5) is 12.6. The van der Waals surface area contributed by atoms with Crippen LogP contribution in [0.3, 0.4) is 0 Å². The zero-order chi connectivity index (χ0) is 16.7. The minimum absolute atomic E-state index is 0.180. The number of ether oxygens (including phenoxy) is 1. The first-order chi connectivity index (χ1) is 10.9. The van der Waals surface area contributed by atoms with E-state index in [1.807, 2.05) is 32.4 Å². The molecule has 1 aliphatic rings. The Balaban J connectivity index is 1.90. The Bertz CT molecular complexity index is 762. The molecule has 0 aromatic carbocycles. The van der Waals surface area contributed by atoms with Crippen molar-refractivity contribution in [3.05, 3.63) is 22.1 Å². The van der Waals surface area contributed by atoms with Crippen LogP contribution in [0.4, 0.5) is 5.69 Å². The summed E-state index contributed by atoms with van der Waals surface area (Å²) < 4.78 is 9.01. The monoisotopic (exact) mass is 337 g/mol. The summed E-state index contributed by atoms with van der Waals surface area (Å²) in [6.45, 7) is 9.17. The summed E-state index contributed by atoms with van der Waals surface area (Å²) in [6, 6.07) is 0.219. The van der Waals surface area contributed by atoms with Crippen molar-refractivity contribution in [1.29, 1.82) is 0 Å². The maximum atomic E-state index is 12.6. The molecule has 0 saturated heterocycles. The van der Waals surface area contributed by atoms with Crippen molar-refractivity contribution in [2.75, 3.05) is 11.9 Å². The lowest BCUT2D eigenvalue weighted by Crippen LogP contribution is -2.16. The van der Waals surface area contributed by atoms with Gasteiger partial charge in [0.15, 0.2) is 5.69 Å². The van der Waals surface area contributed by atoms with Crippen molar-refractivity contribution in [2.45, 2.75) is 46.7 Å². The number of hydrogen-bond donors (Lipinski definition) is 1. The van der Waals surface area contributed by atoms with E-state index in [0.717, 1.165) is 17.8 Å². The average molecular weight is 338 g/mol. The second-order valence-electron chi connectivity index (χ2n) is 5.93. The molecular weight excluding hydrogens is 318 g/mol. The minimum atomic E-state index is -0.352. The molecule has 0 spiro atoms. The summed E-state index contributed by atoms with van der Waals surface area (Å²) in [5.41, 5.74) is 2.55. The van der Waals surface area contributed by atoms with Gasteiger partial charge in [0.25, 0.3) is 5.91 Å². The predicted molar refractivity (Wildman–Crippen MR) is 87.4 cm³/mol. The van der Waals surface area contributed by atoms with Gasteiger partial charge in [-0.15, -0.1) is 0 Å². The van der Waals surface area contributed by atoms with Gasteiger partial charge in [0.05, 0.1) is 23.7 Å². The average Bonchev–Trinajstić information content (AvgIpc) is 2.99. The summed E-state index contributed by atoms with van der Waals surface area (Å²) in [5, 5.41) is 11.9. The molecule has 2 aromatic heterocycles. The molecule has 1 aliphatic heterocycles. The lowest BCUT2D eigenvalue weighted by atomic mass is 10.3. The molecule has 0 fully saturated rings. The summed E-state index contributed by atoms with van der Waals surface area (Å²) in [5.74, 6) is 0.115. The third-order valence-corrected chi connectivity index (χ3v) is 4.21. The van der Waals surface area contributed by atoms with E-state index in [1.165, 1.54) is 0 Å². The van der Waals surface area contributed by atoms with Gasteiger partial charge in [-0.2, -0.15) is 10.2 Å². The summed E-state index contributed by atoms with van der Waals surface area (Å²) in [7, 11) is 0.